The van der Waals surface area contributed by atoms with Crippen molar-refractivity contribution in [1.29, 1.82) is 0 Å². The van der Waals surface area contributed by atoms with Crippen LogP contribution in [-0.2, 0) is 0 Å². The second-order valence-corrected chi connectivity index (χ2v) is 9.32. The summed E-state index contributed by atoms with van der Waals surface area (Å²) in [5.74, 6) is 1.98. The van der Waals surface area contributed by atoms with Crippen molar-refractivity contribution in [1.82, 2.24) is 9.55 Å². The summed E-state index contributed by atoms with van der Waals surface area (Å²) in [7, 11) is 0. The van der Waals surface area contributed by atoms with Crippen molar-refractivity contribution in [2.24, 2.45) is 0 Å². The number of nitrogens with zero attached hydrogens (tertiary/aromatic N) is 2. The molecule has 0 aliphatic rings. The van der Waals surface area contributed by atoms with E-state index in [-0.39, 0.29) is 0 Å². The minimum atomic E-state index is 0.591. The third-order valence-corrected chi connectivity index (χ3v) is 6.66. The molecule has 1 aromatic heterocycles. The zero-order valence-corrected chi connectivity index (χ0v) is 20.4. The van der Waals surface area contributed by atoms with E-state index in [1.54, 1.807) is 0 Å². The van der Waals surface area contributed by atoms with Crippen molar-refractivity contribution in [3.8, 4) is 0 Å². The summed E-state index contributed by atoms with van der Waals surface area (Å²) in [6, 6.07) is 0.591. The Bertz CT molecular complexity index is 465. The van der Waals surface area contributed by atoms with E-state index in [1.807, 2.05) is 6.20 Å². The molecule has 0 aliphatic carbocycles. The van der Waals surface area contributed by atoms with Gasteiger partial charge in [0.05, 0.1) is 0 Å². The van der Waals surface area contributed by atoms with Crippen molar-refractivity contribution < 1.29 is 0 Å². The summed E-state index contributed by atoms with van der Waals surface area (Å²) in [4.78, 5) is 4.76. The molecular formula is C27H52N2. The van der Waals surface area contributed by atoms with Crippen LogP contribution in [0.4, 0.5) is 0 Å². The lowest BCUT2D eigenvalue weighted by Crippen LogP contribution is -2.12. The molecule has 2 nitrogen and oxygen atoms in total. The lowest BCUT2D eigenvalue weighted by Gasteiger charge is -2.21. The van der Waals surface area contributed by atoms with Crippen LogP contribution in [0.2, 0.25) is 0 Å². The summed E-state index contributed by atoms with van der Waals surface area (Å²) >= 11 is 0. The Morgan fingerprint density at radius 2 is 1.21 bits per heavy atom. The van der Waals surface area contributed by atoms with E-state index in [2.05, 4.69) is 38.5 Å². The summed E-state index contributed by atoms with van der Waals surface area (Å²) in [6.45, 7) is 9.28. The molecule has 0 radical (unpaired) electrons. The molecule has 0 fully saturated rings. The summed E-state index contributed by atoms with van der Waals surface area (Å²) < 4.78 is 2.46. The first-order valence-electron chi connectivity index (χ1n) is 13.3. The number of aromatic nitrogens is 2. The van der Waals surface area contributed by atoms with Gasteiger partial charge in [-0.3, -0.25) is 0 Å². The van der Waals surface area contributed by atoms with Gasteiger partial charge in [-0.2, -0.15) is 0 Å². The normalized spacial score (nSPS) is 13.7. The van der Waals surface area contributed by atoms with E-state index in [0.717, 1.165) is 0 Å². The van der Waals surface area contributed by atoms with E-state index in [0.29, 0.717) is 12.0 Å². The van der Waals surface area contributed by atoms with Gasteiger partial charge in [0.15, 0.2) is 0 Å². The highest BCUT2D eigenvalue weighted by Gasteiger charge is 2.17. The van der Waals surface area contributed by atoms with E-state index in [9.17, 15) is 0 Å². The van der Waals surface area contributed by atoms with Gasteiger partial charge in [0, 0.05) is 24.4 Å². The highest BCUT2D eigenvalue weighted by Crippen LogP contribution is 2.28. The molecule has 0 bridgehead atoms. The summed E-state index contributed by atoms with van der Waals surface area (Å²) in [6.07, 6.45) is 29.3. The Balaban J connectivity index is 2.11. The van der Waals surface area contributed by atoms with Crippen molar-refractivity contribution >= 4 is 0 Å². The average Bonchev–Trinajstić information content (AvgIpc) is 3.22. The number of hydrogen-bond donors (Lipinski definition) is 0. The Morgan fingerprint density at radius 1 is 0.690 bits per heavy atom. The number of rotatable bonds is 20. The highest BCUT2D eigenvalue weighted by molar-refractivity contribution is 5.02. The lowest BCUT2D eigenvalue weighted by atomic mass is 9.96. The first kappa shape index (κ1) is 26.2. The molecule has 0 saturated carbocycles. The Labute approximate surface area is 183 Å². The zero-order chi connectivity index (χ0) is 21.2. The van der Waals surface area contributed by atoms with Crippen LogP contribution in [0.5, 0.6) is 0 Å². The van der Waals surface area contributed by atoms with Crippen molar-refractivity contribution in [3.63, 3.8) is 0 Å². The van der Waals surface area contributed by atoms with E-state index >= 15 is 0 Å². The molecule has 0 spiro atoms. The van der Waals surface area contributed by atoms with E-state index in [4.69, 9.17) is 4.98 Å². The van der Waals surface area contributed by atoms with Crippen LogP contribution in [0, 0.1) is 0 Å². The molecule has 0 amide bonds. The fourth-order valence-electron chi connectivity index (χ4n) is 4.58. The van der Waals surface area contributed by atoms with Gasteiger partial charge in [-0.25, -0.2) is 4.98 Å². The molecule has 0 aliphatic heterocycles. The number of imidazole rings is 1. The van der Waals surface area contributed by atoms with Gasteiger partial charge < -0.3 is 4.57 Å². The molecular weight excluding hydrogens is 352 g/mol. The maximum atomic E-state index is 4.76. The molecule has 0 aromatic carbocycles. The fraction of sp³-hybridized carbons (Fsp3) is 0.889. The SMILES string of the molecule is CCCCCCCCCCCCCCCC(CC)c1nccn1C(C)CCCC. The monoisotopic (exact) mass is 404 g/mol. The van der Waals surface area contributed by atoms with E-state index < -0.39 is 0 Å². The molecule has 0 saturated heterocycles. The minimum absolute atomic E-state index is 0.591. The summed E-state index contributed by atoms with van der Waals surface area (Å²) in [5.41, 5.74) is 0. The number of unbranched alkanes of at least 4 members (excludes halogenated alkanes) is 13. The first-order valence-corrected chi connectivity index (χ1v) is 13.3. The van der Waals surface area contributed by atoms with Crippen molar-refractivity contribution in [2.75, 3.05) is 0 Å². The topological polar surface area (TPSA) is 17.8 Å². The fourth-order valence-corrected chi connectivity index (χ4v) is 4.58. The van der Waals surface area contributed by atoms with Gasteiger partial charge in [-0.05, 0) is 26.2 Å². The molecule has 1 heterocycles. The van der Waals surface area contributed by atoms with Gasteiger partial charge in [0.2, 0.25) is 0 Å². The number of hydrogen-bond acceptors (Lipinski definition) is 1. The van der Waals surface area contributed by atoms with Gasteiger partial charge in [-0.1, -0.05) is 117 Å². The van der Waals surface area contributed by atoms with Crippen LogP contribution in [0.3, 0.4) is 0 Å². The standard InChI is InChI=1S/C27H52N2/c1-5-8-10-11-12-13-14-15-16-17-18-19-20-22-26(7-3)27-28-23-24-29(27)25(4)21-9-6-2/h23-26H,5-22H2,1-4H3. The third kappa shape index (κ3) is 11.8. The minimum Gasteiger partial charge on any atom is -0.332 e. The Hall–Kier alpha value is -0.790. The molecule has 2 heteroatoms. The van der Waals surface area contributed by atoms with E-state index in [1.165, 1.54) is 121 Å². The van der Waals surface area contributed by atoms with Crippen molar-refractivity contribution in [3.05, 3.63) is 18.2 Å². The largest absolute Gasteiger partial charge is 0.332 e. The van der Waals surface area contributed by atoms with Gasteiger partial charge in [0.1, 0.15) is 5.82 Å². The average molecular weight is 405 g/mol. The molecule has 29 heavy (non-hydrogen) atoms. The summed E-state index contributed by atoms with van der Waals surface area (Å²) in [5, 5.41) is 0. The maximum Gasteiger partial charge on any atom is 0.111 e. The molecule has 170 valence electrons. The smallest absolute Gasteiger partial charge is 0.111 e. The van der Waals surface area contributed by atoms with Gasteiger partial charge in [-0.15, -0.1) is 0 Å². The molecule has 0 N–H and O–H groups in total. The highest BCUT2D eigenvalue weighted by atomic mass is 15.1. The second-order valence-electron chi connectivity index (χ2n) is 9.32. The third-order valence-electron chi connectivity index (χ3n) is 6.66. The molecule has 2 atom stereocenters. The van der Waals surface area contributed by atoms with Crippen LogP contribution >= 0.6 is 0 Å². The van der Waals surface area contributed by atoms with Crippen molar-refractivity contribution in [2.45, 2.75) is 155 Å². The second kappa shape index (κ2) is 18.0. The predicted octanol–water partition coefficient (Wildman–Crippen LogP) is 9.61. The maximum absolute atomic E-state index is 4.76. The van der Waals surface area contributed by atoms with Crippen LogP contribution in [-0.4, -0.2) is 9.55 Å². The molecule has 1 rings (SSSR count). The predicted molar refractivity (Wildman–Crippen MR) is 130 cm³/mol. The first-order chi connectivity index (χ1) is 14.2. The lowest BCUT2D eigenvalue weighted by molar-refractivity contribution is 0.432. The van der Waals surface area contributed by atoms with Gasteiger partial charge >= 0.3 is 0 Å². The quantitative estimate of drug-likeness (QED) is 0.198. The van der Waals surface area contributed by atoms with Crippen LogP contribution in [0.1, 0.15) is 161 Å². The van der Waals surface area contributed by atoms with Crippen LogP contribution < -0.4 is 0 Å². The van der Waals surface area contributed by atoms with Crippen LogP contribution in [0.25, 0.3) is 0 Å². The van der Waals surface area contributed by atoms with Gasteiger partial charge in [0.25, 0.3) is 0 Å². The molecule has 2 unspecified atom stereocenters. The zero-order valence-electron chi connectivity index (χ0n) is 20.4. The Kier molecular flexibility index (Phi) is 16.3. The Morgan fingerprint density at radius 3 is 1.72 bits per heavy atom. The van der Waals surface area contributed by atoms with Crippen LogP contribution in [0.15, 0.2) is 12.4 Å². The molecule has 1 aromatic rings.